The zero-order valence-electron chi connectivity index (χ0n) is 76.1. The third-order valence-corrected chi connectivity index (χ3v) is 24.2. The molecule has 5 aliphatic heterocycles. The number of hydrogen-bond donors (Lipinski definition) is 4. The molecule has 6 amide bonds. The zero-order chi connectivity index (χ0) is 100. The maximum absolute atomic E-state index is 14.3. The first-order chi connectivity index (χ1) is 69.3. The number of rotatable bonds is 22. The van der Waals surface area contributed by atoms with Gasteiger partial charge in [-0.05, 0) is 124 Å². The molecule has 5 aliphatic rings. The summed E-state index contributed by atoms with van der Waals surface area (Å²) in [5.74, 6) is -3.54. The molecule has 15 aromatic rings. The first-order valence-corrected chi connectivity index (χ1v) is 47.4. The smallest absolute Gasteiger partial charge is 0.313 e. The zero-order valence-corrected chi connectivity index (χ0v) is 81.4. The standard InChI is InChI=1S/C21H20ClN3O.C19H14Cl2FN3O.C18H13Cl2FN2O.C17H14ClN3O.C17H14FN3O.C16H11ClFN3O2/c1-15-12-24-14-18(10-16-6-3-2-4-7-16)23-20(24)21(26)25(13-15)19-9-5-8-17(22)11-19;20-13-7-4-8-15(16(13)22)24-9-10-25-17(21)14(23-18(25)19(24)26)11-12-5-2-1-3-6-12;19-12-7-4-8-14(17(12)21)23-18(24)16-10-13(20)15(22-16)9-11-5-2-1-3-6-11;18-13-7-4-8-14(10-13)21-17(22)16-19-11-15(20-16)9-12-5-2-1-3-6-12;18-14-8-4-5-9-15(14)21-17(22)16-19-11-13(20-16)10-12-6-2-1-3-7-12;17-11-7-4-8-12(14(11)18)19-15(22)16-21-20-13(23-16)9-10-5-2-1-3-6-10/h2-9,11,14-15H,10,12-13H2,1H3;1-8H,9-11H2;1-8H,9-10H2,(H,23,24);1-8,10H,9,11H2,(H,21,22);1-9H,10-11H2,(H,21,22);1-8H,9H2,(H,19,22). The predicted molar refractivity (Wildman–Crippen MR) is 556 cm³/mol. The van der Waals surface area contributed by atoms with E-state index >= 15 is 0 Å². The minimum absolute atomic E-state index is 0.0165. The van der Waals surface area contributed by atoms with Gasteiger partial charge < -0.3 is 44.6 Å². The number of benzene rings is 12. The Morgan fingerprint density at radius 2 is 0.888 bits per heavy atom. The number of amidine groups is 2. The highest BCUT2D eigenvalue weighted by Crippen LogP contribution is 2.35. The molecular weight excluding hydrogens is 1970 g/mol. The Bertz CT molecular complexity index is 7350. The number of carbonyl (C=O) groups is 6. The van der Waals surface area contributed by atoms with Crippen molar-refractivity contribution >= 4 is 180 Å². The van der Waals surface area contributed by atoms with Crippen molar-refractivity contribution in [1.82, 2.24) is 29.3 Å². The second kappa shape index (κ2) is 49.3. The molecule has 0 fully saturated rings. The van der Waals surface area contributed by atoms with Crippen molar-refractivity contribution < 1.29 is 50.7 Å². The van der Waals surface area contributed by atoms with Gasteiger partial charge in [-0.15, -0.1) is 10.2 Å². The highest BCUT2D eigenvalue weighted by Gasteiger charge is 2.35. The van der Waals surface area contributed by atoms with E-state index < -0.39 is 46.9 Å². The van der Waals surface area contributed by atoms with E-state index in [-0.39, 0.29) is 85.2 Å². The van der Waals surface area contributed by atoms with Crippen LogP contribution in [0.25, 0.3) is 0 Å². The summed E-state index contributed by atoms with van der Waals surface area (Å²) in [6.07, 6.45) is 5.81. The number of fused-ring (bicyclic) bond motifs is 2. The highest BCUT2D eigenvalue weighted by molar-refractivity contribution is 6.48. The van der Waals surface area contributed by atoms with Gasteiger partial charge in [0, 0.05) is 109 Å². The molecule has 0 saturated carbocycles. The lowest BCUT2D eigenvalue weighted by Crippen LogP contribution is -2.41. The van der Waals surface area contributed by atoms with Gasteiger partial charge >= 0.3 is 11.8 Å². The Kier molecular flexibility index (Phi) is 35.3. The second-order valence-electron chi connectivity index (χ2n) is 32.8. The van der Waals surface area contributed by atoms with Gasteiger partial charge in [-0.25, -0.2) is 37.5 Å². The molecule has 4 N–H and O–H groups in total. The van der Waals surface area contributed by atoms with Gasteiger partial charge in [0.15, 0.2) is 23.3 Å². The average Bonchev–Trinajstić information content (AvgIpc) is 1.63. The SMILES string of the molecule is CC1CN(c2cccc(Cl)c2)C(=O)c2nc(Cc3ccccc3)cn2C1.O=C(Nc1cccc(Cl)c1)C1=NCC(Cc2ccccc2)=N1.O=C(Nc1cccc(Cl)c1F)C1=NC(Cc2ccccc2)=C(Cl)C1.O=C(Nc1cccc(Cl)c1F)c1nnc(Cc2ccccc2)o1.O=C(Nc1ccccc1F)C1=NCC(Cc2ccccc2)=N1.O=C1c2nc(Cc3ccccc3)c(Cl)n2CCN1c1cccc(Cl)c1F. The fourth-order valence-electron chi connectivity index (χ4n) is 15.2. The van der Waals surface area contributed by atoms with E-state index in [0.29, 0.717) is 120 Å². The maximum atomic E-state index is 14.3. The summed E-state index contributed by atoms with van der Waals surface area (Å²) in [4.78, 5) is 108. The molecule has 3 aromatic heterocycles. The molecule has 12 aromatic carbocycles. The summed E-state index contributed by atoms with van der Waals surface area (Å²) < 4.78 is 64.4. The topological polar surface area (TPSA) is 293 Å². The number of aromatic nitrogens is 6. The van der Waals surface area contributed by atoms with Crippen LogP contribution in [0.15, 0.2) is 356 Å². The van der Waals surface area contributed by atoms with Gasteiger partial charge in [0.25, 0.3) is 29.5 Å². The lowest BCUT2D eigenvalue weighted by atomic mass is 10.1. The van der Waals surface area contributed by atoms with Gasteiger partial charge in [-0.1, -0.05) is 313 Å². The van der Waals surface area contributed by atoms with Crippen LogP contribution in [-0.4, -0.2) is 120 Å². The number of halogens is 11. The second-order valence-corrected chi connectivity index (χ2v) is 35.7. The quantitative estimate of drug-likeness (QED) is 0.0463. The average molecular weight is 2060 g/mol. The minimum atomic E-state index is -0.716. The molecule has 0 radical (unpaired) electrons. The van der Waals surface area contributed by atoms with Crippen LogP contribution in [0.2, 0.25) is 30.3 Å². The van der Waals surface area contributed by atoms with Crippen LogP contribution in [0.4, 0.5) is 51.7 Å². The van der Waals surface area contributed by atoms with E-state index in [2.05, 4.69) is 85.5 Å². The van der Waals surface area contributed by atoms with Gasteiger partial charge in [0.1, 0.15) is 16.7 Å². The molecule has 0 spiro atoms. The summed E-state index contributed by atoms with van der Waals surface area (Å²) in [5, 5.41) is 19.6. The monoisotopic (exact) mass is 2050 g/mol. The third-order valence-electron chi connectivity index (χ3n) is 22.1. The third kappa shape index (κ3) is 28.0. The molecule has 1 atom stereocenters. The van der Waals surface area contributed by atoms with Gasteiger partial charge in [-0.3, -0.25) is 43.7 Å². The van der Waals surface area contributed by atoms with E-state index in [4.69, 9.17) is 85.6 Å². The highest BCUT2D eigenvalue weighted by atomic mass is 35.5. The minimum Gasteiger partial charge on any atom is -0.417 e. The molecule has 143 heavy (non-hydrogen) atoms. The van der Waals surface area contributed by atoms with E-state index in [1.807, 2.05) is 205 Å². The number of nitrogens with one attached hydrogen (secondary N) is 4. The van der Waals surface area contributed by atoms with E-state index in [9.17, 15) is 46.3 Å². The summed E-state index contributed by atoms with van der Waals surface area (Å²) in [5.41, 5.74) is 12.4. The van der Waals surface area contributed by atoms with Crippen molar-refractivity contribution in [2.24, 2.45) is 30.9 Å². The molecule has 8 heterocycles. The number of aliphatic imine (C=N–C) groups is 5. The Hall–Kier alpha value is -15.1. The van der Waals surface area contributed by atoms with Crippen molar-refractivity contribution in [3.63, 3.8) is 0 Å². The first-order valence-electron chi connectivity index (χ1n) is 44.8. The van der Waals surface area contributed by atoms with E-state index in [1.165, 1.54) is 65.1 Å². The van der Waals surface area contributed by atoms with Crippen molar-refractivity contribution in [2.75, 3.05) is 57.2 Å². The number of anilines is 6. The van der Waals surface area contributed by atoms with Crippen molar-refractivity contribution in [3.05, 3.63) is 448 Å². The maximum Gasteiger partial charge on any atom is 0.313 e. The number of hydrogen-bond acceptors (Lipinski definition) is 16. The van der Waals surface area contributed by atoms with Gasteiger partial charge in [0.2, 0.25) is 23.4 Å². The Morgan fingerprint density at radius 3 is 1.45 bits per heavy atom. The fourth-order valence-corrected chi connectivity index (χ4v) is 16.6. The molecule has 20 rings (SSSR count). The van der Waals surface area contributed by atoms with E-state index in [1.54, 1.807) is 58.0 Å². The fraction of sp³-hybridized carbons (Fsp3) is 0.139. The first kappa shape index (κ1) is 102. The Labute approximate surface area is 854 Å². The molecule has 722 valence electrons. The molecule has 24 nitrogen and oxygen atoms in total. The van der Waals surface area contributed by atoms with Crippen LogP contribution in [0.1, 0.15) is 95.9 Å². The van der Waals surface area contributed by atoms with Gasteiger partial charge in [-0.2, -0.15) is 0 Å². The molecule has 0 saturated heterocycles. The number of carbonyl (C=O) groups excluding carboxylic acids is 6. The normalized spacial score (nSPS) is 13.8. The largest absolute Gasteiger partial charge is 0.417 e. The summed E-state index contributed by atoms with van der Waals surface area (Å²) in [6, 6.07) is 92.7. The van der Waals surface area contributed by atoms with Crippen LogP contribution in [-0.2, 0) is 66.0 Å². The van der Waals surface area contributed by atoms with Crippen LogP contribution >= 0.6 is 81.2 Å². The number of amides is 6. The summed E-state index contributed by atoms with van der Waals surface area (Å²) in [7, 11) is 0. The number of para-hydroxylation sites is 1. The summed E-state index contributed by atoms with van der Waals surface area (Å²) >= 11 is 41.9. The molecule has 1 unspecified atom stereocenters. The molecule has 35 heteroatoms. The van der Waals surface area contributed by atoms with Crippen LogP contribution < -0.4 is 31.1 Å². The van der Waals surface area contributed by atoms with Gasteiger partial charge in [0.05, 0.1) is 74.4 Å². The lowest BCUT2D eigenvalue weighted by Gasteiger charge is -2.28. The van der Waals surface area contributed by atoms with E-state index in [0.717, 1.165) is 63.6 Å². The molecular formula is C108H86Cl7F4N17O7. The van der Waals surface area contributed by atoms with Crippen molar-refractivity contribution in [1.29, 1.82) is 0 Å². The summed E-state index contributed by atoms with van der Waals surface area (Å²) in [6.45, 7) is 5.17. The van der Waals surface area contributed by atoms with Crippen molar-refractivity contribution in [3.8, 4) is 0 Å². The number of nitrogens with zero attached hydrogens (tertiary/aromatic N) is 13. The van der Waals surface area contributed by atoms with Crippen LogP contribution in [0.3, 0.4) is 0 Å². The number of imidazole rings is 2. The Morgan fingerprint density at radius 1 is 0.420 bits per heavy atom. The lowest BCUT2D eigenvalue weighted by molar-refractivity contribution is -0.111. The van der Waals surface area contributed by atoms with Crippen LogP contribution in [0, 0.1) is 29.2 Å². The van der Waals surface area contributed by atoms with Crippen LogP contribution in [0.5, 0.6) is 0 Å². The Balaban J connectivity index is 0.000000129. The molecule has 0 bridgehead atoms. The number of allylic oxidation sites excluding steroid dienone is 2. The molecule has 0 aliphatic carbocycles. The van der Waals surface area contributed by atoms with Crippen molar-refractivity contribution in [2.45, 2.75) is 65.0 Å². The predicted octanol–water partition coefficient (Wildman–Crippen LogP) is 23.9.